The van der Waals surface area contributed by atoms with Crippen LogP contribution >= 0.6 is 23.2 Å². The van der Waals surface area contributed by atoms with E-state index in [1.165, 1.54) is 32.4 Å². The molecule has 0 saturated heterocycles. The van der Waals surface area contributed by atoms with E-state index >= 15 is 0 Å². The highest BCUT2D eigenvalue weighted by Gasteiger charge is 2.27. The molecule has 1 aromatic rings. The van der Waals surface area contributed by atoms with Crippen molar-refractivity contribution in [2.45, 2.75) is 12.4 Å². The lowest BCUT2D eigenvalue weighted by molar-refractivity contribution is -0.150. The van der Waals surface area contributed by atoms with Gasteiger partial charge in [0, 0.05) is 29.8 Å². The minimum absolute atomic E-state index is 0.203. The van der Waals surface area contributed by atoms with Crippen LogP contribution in [0.5, 0.6) is 0 Å². The quantitative estimate of drug-likeness (QED) is 0.663. The van der Waals surface area contributed by atoms with Crippen LogP contribution in [0, 0.1) is 0 Å². The smallest absolute Gasteiger partial charge is 0.196 e. The molecule has 4 nitrogen and oxygen atoms in total. The van der Waals surface area contributed by atoms with Gasteiger partial charge in [0.05, 0.1) is 0 Å². The van der Waals surface area contributed by atoms with Crippen molar-refractivity contribution in [3.63, 3.8) is 0 Å². The highest BCUT2D eigenvalue weighted by molar-refractivity contribution is 6.35. The Morgan fingerprint density at radius 1 is 1.18 bits per heavy atom. The van der Waals surface area contributed by atoms with E-state index in [-0.39, 0.29) is 5.56 Å². The maximum absolute atomic E-state index is 11.9. The highest BCUT2D eigenvalue weighted by Crippen LogP contribution is 2.20. The standard InChI is InChI=1S/C11H12Cl2O4/c1-16-11(17-2)10(15)9(14)6-3-7(12)5-8(13)4-6/h3-5,10-11,15H,1-2H3/t10-/m0/s1. The zero-order valence-electron chi connectivity index (χ0n) is 9.31. The molecule has 0 aromatic heterocycles. The zero-order chi connectivity index (χ0) is 13.0. The number of ketones is 1. The van der Waals surface area contributed by atoms with E-state index in [0.717, 1.165) is 0 Å². The van der Waals surface area contributed by atoms with E-state index in [2.05, 4.69) is 0 Å². The summed E-state index contributed by atoms with van der Waals surface area (Å²) in [5.41, 5.74) is 0.203. The van der Waals surface area contributed by atoms with E-state index in [4.69, 9.17) is 32.7 Å². The Bertz CT molecular complexity index is 384. The average molecular weight is 279 g/mol. The highest BCUT2D eigenvalue weighted by atomic mass is 35.5. The van der Waals surface area contributed by atoms with E-state index in [0.29, 0.717) is 10.0 Å². The molecule has 0 amide bonds. The van der Waals surface area contributed by atoms with Gasteiger partial charge in [0.1, 0.15) is 0 Å². The molecule has 17 heavy (non-hydrogen) atoms. The van der Waals surface area contributed by atoms with Crippen LogP contribution in [0.3, 0.4) is 0 Å². The predicted octanol–water partition coefficient (Wildman–Crippen LogP) is 2.16. The van der Waals surface area contributed by atoms with Gasteiger partial charge in [-0.2, -0.15) is 0 Å². The summed E-state index contributed by atoms with van der Waals surface area (Å²) in [4.78, 5) is 11.9. The van der Waals surface area contributed by atoms with Gasteiger partial charge in [0.2, 0.25) is 0 Å². The molecule has 0 saturated carbocycles. The Morgan fingerprint density at radius 3 is 2.06 bits per heavy atom. The lowest BCUT2D eigenvalue weighted by Crippen LogP contribution is -2.36. The first-order valence-electron chi connectivity index (χ1n) is 4.73. The van der Waals surface area contributed by atoms with Gasteiger partial charge in [-0.1, -0.05) is 23.2 Å². The molecule has 1 atom stereocenters. The lowest BCUT2D eigenvalue weighted by Gasteiger charge is -2.18. The Morgan fingerprint density at radius 2 is 1.65 bits per heavy atom. The summed E-state index contributed by atoms with van der Waals surface area (Å²) in [5, 5.41) is 10.4. The Hall–Kier alpha value is -0.650. The van der Waals surface area contributed by atoms with Crippen molar-refractivity contribution in [3.05, 3.63) is 33.8 Å². The van der Waals surface area contributed by atoms with Crippen LogP contribution in [-0.2, 0) is 9.47 Å². The molecular weight excluding hydrogens is 267 g/mol. The van der Waals surface area contributed by atoms with Crippen LogP contribution in [0.4, 0.5) is 0 Å². The fraction of sp³-hybridized carbons (Fsp3) is 0.364. The molecular formula is C11H12Cl2O4. The van der Waals surface area contributed by atoms with Gasteiger partial charge in [-0.15, -0.1) is 0 Å². The van der Waals surface area contributed by atoms with Crippen molar-refractivity contribution in [2.24, 2.45) is 0 Å². The largest absolute Gasteiger partial charge is 0.380 e. The van der Waals surface area contributed by atoms with Crippen molar-refractivity contribution < 1.29 is 19.4 Å². The van der Waals surface area contributed by atoms with Gasteiger partial charge in [-0.3, -0.25) is 4.79 Å². The van der Waals surface area contributed by atoms with Gasteiger partial charge in [-0.05, 0) is 18.2 Å². The molecule has 0 heterocycles. The third kappa shape index (κ3) is 3.66. The SMILES string of the molecule is COC(OC)[C@@H](O)C(=O)c1cc(Cl)cc(Cl)c1. The number of carbonyl (C=O) groups excluding carboxylic acids is 1. The van der Waals surface area contributed by atoms with Crippen molar-refractivity contribution >= 4 is 29.0 Å². The Kier molecular flexibility index (Phi) is 5.36. The fourth-order valence-corrected chi connectivity index (χ4v) is 1.87. The summed E-state index contributed by atoms with van der Waals surface area (Å²) in [5.74, 6) is -0.567. The second kappa shape index (κ2) is 6.33. The van der Waals surface area contributed by atoms with Gasteiger partial charge >= 0.3 is 0 Å². The molecule has 6 heteroatoms. The van der Waals surface area contributed by atoms with Crippen LogP contribution in [0.1, 0.15) is 10.4 Å². The molecule has 1 aromatic carbocycles. The maximum atomic E-state index is 11.9. The van der Waals surface area contributed by atoms with E-state index in [9.17, 15) is 9.90 Å². The third-order valence-corrected chi connectivity index (χ3v) is 2.57. The molecule has 0 aliphatic heterocycles. The maximum Gasteiger partial charge on any atom is 0.196 e. The fourth-order valence-electron chi connectivity index (χ4n) is 1.34. The number of halogens is 2. The second-order valence-electron chi connectivity index (χ2n) is 3.31. The number of hydrogen-bond donors (Lipinski definition) is 1. The summed E-state index contributed by atoms with van der Waals surface area (Å²) in [6, 6.07) is 4.33. The van der Waals surface area contributed by atoms with Crippen LogP contribution in [-0.4, -0.2) is 37.5 Å². The van der Waals surface area contributed by atoms with Crippen molar-refractivity contribution in [1.29, 1.82) is 0 Å². The number of hydrogen-bond acceptors (Lipinski definition) is 4. The molecule has 1 rings (SSSR count). The first-order valence-corrected chi connectivity index (χ1v) is 5.49. The topological polar surface area (TPSA) is 55.8 Å². The van der Waals surface area contributed by atoms with Crippen LogP contribution in [0.2, 0.25) is 10.0 Å². The first kappa shape index (κ1) is 14.4. The van der Waals surface area contributed by atoms with Gasteiger partial charge in [0.25, 0.3) is 0 Å². The van der Waals surface area contributed by atoms with Crippen molar-refractivity contribution in [3.8, 4) is 0 Å². The van der Waals surface area contributed by atoms with Crippen LogP contribution < -0.4 is 0 Å². The van der Waals surface area contributed by atoms with E-state index < -0.39 is 18.2 Å². The summed E-state index contributed by atoms with van der Waals surface area (Å²) in [6.07, 6.45) is -2.46. The van der Waals surface area contributed by atoms with Crippen LogP contribution in [0.25, 0.3) is 0 Å². The molecule has 0 fully saturated rings. The molecule has 0 unspecified atom stereocenters. The Balaban J connectivity index is 2.95. The number of aliphatic hydroxyl groups is 1. The monoisotopic (exact) mass is 278 g/mol. The number of methoxy groups -OCH3 is 2. The molecule has 94 valence electrons. The van der Waals surface area contributed by atoms with E-state index in [1.54, 1.807) is 0 Å². The number of ether oxygens (including phenoxy) is 2. The summed E-state index contributed by atoms with van der Waals surface area (Å²) in [6.45, 7) is 0. The van der Waals surface area contributed by atoms with E-state index in [1.807, 2.05) is 0 Å². The minimum atomic E-state index is -1.43. The predicted molar refractivity (Wildman–Crippen MR) is 64.6 cm³/mol. The van der Waals surface area contributed by atoms with Crippen molar-refractivity contribution in [1.82, 2.24) is 0 Å². The van der Waals surface area contributed by atoms with Crippen LogP contribution in [0.15, 0.2) is 18.2 Å². The van der Waals surface area contributed by atoms with Crippen molar-refractivity contribution in [2.75, 3.05) is 14.2 Å². The summed E-state index contributed by atoms with van der Waals surface area (Å²) in [7, 11) is 2.66. The Labute approximate surface area is 109 Å². The summed E-state index contributed by atoms with van der Waals surface area (Å²) >= 11 is 11.5. The number of aliphatic hydroxyl groups excluding tert-OH is 1. The number of rotatable bonds is 5. The minimum Gasteiger partial charge on any atom is -0.380 e. The summed E-state index contributed by atoms with van der Waals surface area (Å²) < 4.78 is 9.61. The zero-order valence-corrected chi connectivity index (χ0v) is 10.8. The first-order chi connectivity index (χ1) is 7.99. The normalized spacial score (nSPS) is 12.8. The lowest BCUT2D eigenvalue weighted by atomic mass is 10.1. The molecule has 0 spiro atoms. The molecule has 0 radical (unpaired) electrons. The molecule has 0 aliphatic rings. The molecule has 1 N–H and O–H groups in total. The second-order valence-corrected chi connectivity index (χ2v) is 4.18. The molecule has 0 aliphatic carbocycles. The average Bonchev–Trinajstić information content (AvgIpc) is 2.28. The van der Waals surface area contributed by atoms with Gasteiger partial charge in [-0.25, -0.2) is 0 Å². The third-order valence-electron chi connectivity index (χ3n) is 2.14. The van der Waals surface area contributed by atoms with Gasteiger partial charge in [0.15, 0.2) is 18.2 Å². The number of carbonyl (C=O) groups is 1. The number of Topliss-reactive ketones (excluding diaryl/α,β-unsaturated/α-hetero) is 1. The van der Waals surface area contributed by atoms with Gasteiger partial charge < -0.3 is 14.6 Å². The number of benzene rings is 1. The molecule has 0 bridgehead atoms.